The second-order valence-electron chi connectivity index (χ2n) is 4.12. The number of rotatable bonds is 5. The smallest absolute Gasteiger partial charge is 0.274 e. The molecule has 0 unspecified atom stereocenters. The van der Waals surface area contributed by atoms with E-state index in [1.807, 2.05) is 0 Å². The third-order valence-corrected chi connectivity index (χ3v) is 3.06. The van der Waals surface area contributed by atoms with E-state index < -0.39 is 10.7 Å². The van der Waals surface area contributed by atoms with E-state index in [4.69, 9.17) is 4.74 Å². The normalized spacial score (nSPS) is 10.2. The average Bonchev–Trinajstić information content (AvgIpc) is 2.45. The van der Waals surface area contributed by atoms with Crippen LogP contribution in [0.3, 0.4) is 0 Å². The van der Waals surface area contributed by atoms with Gasteiger partial charge in [-0.15, -0.1) is 0 Å². The van der Waals surface area contributed by atoms with E-state index in [1.54, 1.807) is 0 Å². The van der Waals surface area contributed by atoms with Gasteiger partial charge in [-0.05, 0) is 30.3 Å². The van der Waals surface area contributed by atoms with Crippen molar-refractivity contribution < 1.29 is 18.8 Å². The molecule has 0 aliphatic carbocycles. The zero-order valence-corrected chi connectivity index (χ0v) is 12.2. The van der Waals surface area contributed by atoms with Crippen LogP contribution in [0, 0.1) is 15.9 Å². The first-order chi connectivity index (χ1) is 9.95. The quantitative estimate of drug-likeness (QED) is 0.466. The van der Waals surface area contributed by atoms with Crippen molar-refractivity contribution in [2.45, 2.75) is 0 Å². The van der Waals surface area contributed by atoms with Gasteiger partial charge in [0.15, 0.2) is 12.4 Å². The van der Waals surface area contributed by atoms with Gasteiger partial charge >= 0.3 is 0 Å². The third-order valence-electron chi connectivity index (χ3n) is 2.60. The summed E-state index contributed by atoms with van der Waals surface area (Å²) in [6.07, 6.45) is 0. The van der Waals surface area contributed by atoms with Gasteiger partial charge < -0.3 is 4.74 Å². The predicted octanol–water partition coefficient (Wildman–Crippen LogP) is 3.76. The van der Waals surface area contributed by atoms with Crippen LogP contribution in [0.15, 0.2) is 46.9 Å². The molecule has 0 saturated heterocycles. The summed E-state index contributed by atoms with van der Waals surface area (Å²) in [6.45, 7) is -0.292. The van der Waals surface area contributed by atoms with Crippen molar-refractivity contribution in [1.82, 2.24) is 0 Å². The molecular weight excluding hydrogens is 345 g/mol. The Balaban J connectivity index is 2.07. The van der Waals surface area contributed by atoms with Crippen LogP contribution >= 0.6 is 15.9 Å². The van der Waals surface area contributed by atoms with Crippen molar-refractivity contribution >= 4 is 27.4 Å². The third kappa shape index (κ3) is 4.09. The van der Waals surface area contributed by atoms with E-state index in [2.05, 4.69) is 15.9 Å². The number of Topliss-reactive ketones (excluding diaryl/α,β-unsaturated/α-hetero) is 1. The molecule has 5 nitrogen and oxygen atoms in total. The molecule has 0 aliphatic rings. The Morgan fingerprint density at radius 1 is 1.24 bits per heavy atom. The summed E-state index contributed by atoms with van der Waals surface area (Å²) in [6, 6.07) is 9.13. The predicted molar refractivity (Wildman–Crippen MR) is 77.0 cm³/mol. The molecule has 0 radical (unpaired) electrons. The highest BCUT2D eigenvalue weighted by Crippen LogP contribution is 2.26. The molecule has 108 valence electrons. The number of ketones is 1. The fourth-order valence-corrected chi connectivity index (χ4v) is 2.06. The van der Waals surface area contributed by atoms with Crippen LogP contribution in [0.2, 0.25) is 0 Å². The van der Waals surface area contributed by atoms with Crippen LogP contribution in [0.4, 0.5) is 10.1 Å². The molecule has 2 aromatic rings. The molecule has 0 amide bonds. The summed E-state index contributed by atoms with van der Waals surface area (Å²) in [4.78, 5) is 22.0. The summed E-state index contributed by atoms with van der Waals surface area (Å²) in [7, 11) is 0. The van der Waals surface area contributed by atoms with Crippen molar-refractivity contribution in [2.24, 2.45) is 0 Å². The van der Waals surface area contributed by atoms with Crippen LogP contribution in [-0.2, 0) is 0 Å². The Kier molecular flexibility index (Phi) is 4.64. The molecule has 0 atom stereocenters. The minimum absolute atomic E-state index is 0.145. The largest absolute Gasteiger partial charge is 0.485 e. The molecule has 21 heavy (non-hydrogen) atoms. The Hall–Kier alpha value is -2.28. The number of benzene rings is 2. The summed E-state index contributed by atoms with van der Waals surface area (Å²) in [5.41, 5.74) is 0.162. The number of ether oxygens (including phenoxy) is 1. The monoisotopic (exact) mass is 353 g/mol. The highest BCUT2D eigenvalue weighted by atomic mass is 79.9. The van der Waals surface area contributed by atoms with Gasteiger partial charge in [-0.3, -0.25) is 14.9 Å². The zero-order valence-electron chi connectivity index (χ0n) is 10.6. The Labute approximate surface area is 127 Å². The molecule has 7 heteroatoms. The second kappa shape index (κ2) is 6.45. The minimum Gasteiger partial charge on any atom is -0.485 e. The van der Waals surface area contributed by atoms with Crippen LogP contribution < -0.4 is 4.74 Å². The Morgan fingerprint density at radius 3 is 2.52 bits per heavy atom. The fourth-order valence-electron chi connectivity index (χ4n) is 1.60. The van der Waals surface area contributed by atoms with Crippen LogP contribution in [-0.4, -0.2) is 17.3 Å². The number of nitro groups is 1. The second-order valence-corrected chi connectivity index (χ2v) is 5.04. The number of nitro benzene ring substituents is 1. The number of nitrogens with zero attached hydrogens (tertiary/aromatic N) is 1. The molecule has 0 bridgehead atoms. The molecular formula is C14H9BrFNO4. The van der Waals surface area contributed by atoms with Crippen molar-refractivity contribution in [3.63, 3.8) is 0 Å². The lowest BCUT2D eigenvalue weighted by molar-refractivity contribution is -0.385. The number of carbonyl (C=O) groups excluding carboxylic acids is 1. The first-order valence-electron chi connectivity index (χ1n) is 5.82. The number of hydrogen-bond donors (Lipinski definition) is 0. The molecule has 2 aromatic carbocycles. The number of non-ortho nitro benzene ring substituents is 1. The van der Waals surface area contributed by atoms with Gasteiger partial charge in [-0.2, -0.15) is 0 Å². The maximum atomic E-state index is 12.8. The van der Waals surface area contributed by atoms with Crippen molar-refractivity contribution in [1.29, 1.82) is 0 Å². The molecule has 0 aromatic heterocycles. The van der Waals surface area contributed by atoms with Crippen LogP contribution in [0.1, 0.15) is 10.4 Å². The maximum Gasteiger partial charge on any atom is 0.274 e. The Bertz CT molecular complexity index is 688. The lowest BCUT2D eigenvalue weighted by atomic mass is 10.1. The van der Waals surface area contributed by atoms with Crippen LogP contribution in [0.25, 0.3) is 0 Å². The van der Waals surface area contributed by atoms with E-state index in [1.165, 1.54) is 42.5 Å². The van der Waals surface area contributed by atoms with Gasteiger partial charge in [0.2, 0.25) is 0 Å². The zero-order chi connectivity index (χ0) is 15.4. The minimum atomic E-state index is -0.556. The van der Waals surface area contributed by atoms with E-state index in [-0.39, 0.29) is 23.8 Å². The van der Waals surface area contributed by atoms with Crippen molar-refractivity contribution in [3.05, 3.63) is 68.4 Å². The van der Waals surface area contributed by atoms with Gasteiger partial charge in [0.1, 0.15) is 11.6 Å². The Morgan fingerprint density at radius 2 is 1.90 bits per heavy atom. The molecule has 0 N–H and O–H groups in total. The van der Waals surface area contributed by atoms with Crippen LogP contribution in [0.5, 0.6) is 5.75 Å². The summed E-state index contributed by atoms with van der Waals surface area (Å²) < 4.78 is 18.5. The number of halogens is 2. The molecule has 0 aliphatic heterocycles. The summed E-state index contributed by atoms with van der Waals surface area (Å²) in [5, 5.41) is 10.7. The van der Waals surface area contributed by atoms with Gasteiger partial charge in [0, 0.05) is 16.1 Å². The van der Waals surface area contributed by atoms with E-state index in [0.717, 1.165) is 0 Å². The standard InChI is InChI=1S/C14H9BrFNO4/c15-10-5-12(17(19)20)7-13(6-10)21-8-14(18)9-1-3-11(16)4-2-9/h1-7H,8H2. The van der Waals surface area contributed by atoms with Gasteiger partial charge in [-0.1, -0.05) is 15.9 Å². The molecule has 2 rings (SSSR count). The fraction of sp³-hybridized carbons (Fsp3) is 0.0714. The molecule has 0 heterocycles. The first kappa shape index (κ1) is 15.1. The summed E-state index contributed by atoms with van der Waals surface area (Å²) >= 11 is 3.13. The summed E-state index contributed by atoms with van der Waals surface area (Å²) in [5.74, 6) is -0.584. The lowest BCUT2D eigenvalue weighted by Gasteiger charge is -2.06. The van der Waals surface area contributed by atoms with Crippen molar-refractivity contribution in [3.8, 4) is 5.75 Å². The first-order valence-corrected chi connectivity index (χ1v) is 6.61. The molecule has 0 fully saturated rings. The van der Waals surface area contributed by atoms with E-state index in [0.29, 0.717) is 10.0 Å². The van der Waals surface area contributed by atoms with Crippen molar-refractivity contribution in [2.75, 3.05) is 6.61 Å². The highest BCUT2D eigenvalue weighted by molar-refractivity contribution is 9.10. The maximum absolute atomic E-state index is 12.8. The van der Waals surface area contributed by atoms with Gasteiger partial charge in [0.05, 0.1) is 11.0 Å². The number of hydrogen-bond acceptors (Lipinski definition) is 4. The van der Waals surface area contributed by atoms with E-state index in [9.17, 15) is 19.3 Å². The SMILES string of the molecule is O=C(COc1cc(Br)cc([N+](=O)[O-])c1)c1ccc(F)cc1. The number of carbonyl (C=O) groups is 1. The van der Waals surface area contributed by atoms with E-state index >= 15 is 0 Å². The average molecular weight is 354 g/mol. The topological polar surface area (TPSA) is 69.4 Å². The molecule has 0 saturated carbocycles. The molecule has 0 spiro atoms. The van der Waals surface area contributed by atoms with Gasteiger partial charge in [-0.25, -0.2) is 4.39 Å². The van der Waals surface area contributed by atoms with Gasteiger partial charge in [0.25, 0.3) is 5.69 Å². The lowest BCUT2D eigenvalue weighted by Crippen LogP contribution is -2.11. The highest BCUT2D eigenvalue weighted by Gasteiger charge is 2.12.